The second kappa shape index (κ2) is 8.67. The molecule has 0 aliphatic carbocycles. The molecule has 1 aliphatic heterocycles. The predicted octanol–water partition coefficient (Wildman–Crippen LogP) is 3.58. The molecule has 0 bridgehead atoms. The van der Waals surface area contributed by atoms with Gasteiger partial charge in [0.25, 0.3) is 0 Å². The Morgan fingerprint density at radius 2 is 2.00 bits per heavy atom. The van der Waals surface area contributed by atoms with E-state index in [4.69, 9.17) is 4.74 Å². The molecule has 1 saturated heterocycles. The van der Waals surface area contributed by atoms with Crippen LogP contribution in [0, 0.1) is 5.92 Å². The van der Waals surface area contributed by atoms with Crippen LogP contribution in [0.15, 0.2) is 24.3 Å². The Labute approximate surface area is 127 Å². The van der Waals surface area contributed by atoms with Gasteiger partial charge < -0.3 is 10.1 Å². The second-order valence-corrected chi connectivity index (χ2v) is 5.71. The number of carbonyl (C=O) groups is 1. The van der Waals surface area contributed by atoms with E-state index in [2.05, 4.69) is 29.7 Å². The molecule has 4 heteroatoms. The molecule has 0 aromatic heterocycles. The fraction of sp³-hybridized carbons (Fsp3) is 0.588. The molecular weight excluding hydrogens is 264 g/mol. The third kappa shape index (κ3) is 5.76. The number of ether oxygens (including phenoxy) is 1. The number of benzene rings is 1. The predicted molar refractivity (Wildman–Crippen MR) is 85.6 cm³/mol. The van der Waals surface area contributed by atoms with Crippen molar-refractivity contribution >= 4 is 11.8 Å². The lowest BCUT2D eigenvalue weighted by Crippen LogP contribution is -2.28. The maximum absolute atomic E-state index is 11.5. The molecule has 1 aromatic carbocycles. The van der Waals surface area contributed by atoms with Crippen molar-refractivity contribution in [2.24, 2.45) is 5.92 Å². The minimum absolute atomic E-state index is 0.366. The zero-order chi connectivity index (χ0) is 14.9. The number of nitrogens with one attached hydrogen (secondary N) is 2. The van der Waals surface area contributed by atoms with E-state index in [1.165, 1.54) is 18.4 Å². The smallest absolute Gasteiger partial charge is 0.411 e. The lowest BCUT2D eigenvalue weighted by atomic mass is 9.91. The minimum Gasteiger partial charge on any atom is -0.449 e. The van der Waals surface area contributed by atoms with Crippen molar-refractivity contribution in [1.82, 2.24) is 5.32 Å². The van der Waals surface area contributed by atoms with E-state index < -0.39 is 0 Å². The summed E-state index contributed by atoms with van der Waals surface area (Å²) >= 11 is 0. The number of amides is 1. The van der Waals surface area contributed by atoms with Crippen LogP contribution >= 0.6 is 0 Å². The van der Waals surface area contributed by atoms with Crippen molar-refractivity contribution in [3.63, 3.8) is 0 Å². The van der Waals surface area contributed by atoms with Crippen molar-refractivity contribution in [2.75, 3.05) is 25.0 Å². The summed E-state index contributed by atoms with van der Waals surface area (Å²) in [5.41, 5.74) is 2.14. The van der Waals surface area contributed by atoms with Crippen LogP contribution in [0.4, 0.5) is 10.5 Å². The van der Waals surface area contributed by atoms with Gasteiger partial charge in [-0.1, -0.05) is 25.5 Å². The maximum Gasteiger partial charge on any atom is 0.411 e. The van der Waals surface area contributed by atoms with Crippen LogP contribution < -0.4 is 10.6 Å². The highest BCUT2D eigenvalue weighted by Crippen LogP contribution is 2.19. The Morgan fingerprint density at radius 3 is 2.67 bits per heavy atom. The van der Waals surface area contributed by atoms with Crippen LogP contribution in [-0.2, 0) is 11.2 Å². The number of hydrogen-bond donors (Lipinski definition) is 2. The van der Waals surface area contributed by atoms with E-state index in [-0.39, 0.29) is 6.09 Å². The number of carbonyl (C=O) groups excluding carboxylic acids is 1. The summed E-state index contributed by atoms with van der Waals surface area (Å²) in [5, 5.41) is 6.15. The van der Waals surface area contributed by atoms with Gasteiger partial charge in [0.05, 0.1) is 6.61 Å². The van der Waals surface area contributed by atoms with E-state index in [1.54, 1.807) is 0 Å². The molecule has 4 nitrogen and oxygen atoms in total. The molecule has 0 atom stereocenters. The zero-order valence-electron chi connectivity index (χ0n) is 12.9. The molecule has 0 spiro atoms. The Balaban J connectivity index is 1.77. The van der Waals surface area contributed by atoms with Crippen molar-refractivity contribution in [3.8, 4) is 0 Å². The number of piperidine rings is 1. The first kappa shape index (κ1) is 15.8. The van der Waals surface area contributed by atoms with Crippen LogP contribution in [0.3, 0.4) is 0 Å². The standard InChI is InChI=1S/C17H26N2O2/c1-2-3-12-21-17(20)19-16-6-4-14(5-7-16)13-15-8-10-18-11-9-15/h4-7,15,18H,2-3,8-13H2,1H3,(H,19,20). The highest BCUT2D eigenvalue weighted by molar-refractivity contribution is 5.84. The van der Waals surface area contributed by atoms with E-state index in [0.29, 0.717) is 6.61 Å². The zero-order valence-corrected chi connectivity index (χ0v) is 12.9. The highest BCUT2D eigenvalue weighted by atomic mass is 16.5. The maximum atomic E-state index is 11.5. The summed E-state index contributed by atoms with van der Waals surface area (Å²) in [6, 6.07) is 8.11. The van der Waals surface area contributed by atoms with Crippen LogP contribution in [0.5, 0.6) is 0 Å². The number of unbranched alkanes of at least 4 members (excludes halogenated alkanes) is 1. The van der Waals surface area contributed by atoms with Crippen molar-refractivity contribution < 1.29 is 9.53 Å². The SMILES string of the molecule is CCCCOC(=O)Nc1ccc(CC2CCNCC2)cc1. The fourth-order valence-electron chi connectivity index (χ4n) is 2.61. The molecule has 0 radical (unpaired) electrons. The van der Waals surface area contributed by atoms with Gasteiger partial charge in [-0.2, -0.15) is 0 Å². The molecule has 2 rings (SSSR count). The number of anilines is 1. The first-order valence-electron chi connectivity index (χ1n) is 8.01. The van der Waals surface area contributed by atoms with Gasteiger partial charge in [0.1, 0.15) is 0 Å². The van der Waals surface area contributed by atoms with Gasteiger partial charge in [-0.3, -0.25) is 5.32 Å². The van der Waals surface area contributed by atoms with Gasteiger partial charge in [0.2, 0.25) is 0 Å². The van der Waals surface area contributed by atoms with Gasteiger partial charge in [-0.25, -0.2) is 4.79 Å². The van der Waals surface area contributed by atoms with Gasteiger partial charge in [-0.15, -0.1) is 0 Å². The van der Waals surface area contributed by atoms with Gasteiger partial charge in [0, 0.05) is 5.69 Å². The fourth-order valence-corrected chi connectivity index (χ4v) is 2.61. The second-order valence-electron chi connectivity index (χ2n) is 5.71. The molecule has 0 saturated carbocycles. The monoisotopic (exact) mass is 290 g/mol. The average Bonchev–Trinajstić information content (AvgIpc) is 2.51. The van der Waals surface area contributed by atoms with Gasteiger partial charge in [-0.05, 0) is 62.4 Å². The average molecular weight is 290 g/mol. The first-order chi connectivity index (χ1) is 10.3. The normalized spacial score (nSPS) is 15.7. The van der Waals surface area contributed by atoms with E-state index >= 15 is 0 Å². The molecule has 0 unspecified atom stereocenters. The molecule has 1 amide bonds. The van der Waals surface area contributed by atoms with Crippen molar-refractivity contribution in [1.29, 1.82) is 0 Å². The number of hydrogen-bond acceptors (Lipinski definition) is 3. The third-order valence-electron chi connectivity index (χ3n) is 3.91. The largest absolute Gasteiger partial charge is 0.449 e. The topological polar surface area (TPSA) is 50.4 Å². The summed E-state index contributed by atoms with van der Waals surface area (Å²) < 4.78 is 5.08. The molecule has 1 aromatic rings. The third-order valence-corrected chi connectivity index (χ3v) is 3.91. The molecular formula is C17H26N2O2. The summed E-state index contributed by atoms with van der Waals surface area (Å²) in [7, 11) is 0. The Kier molecular flexibility index (Phi) is 6.54. The van der Waals surface area contributed by atoms with E-state index in [1.807, 2.05) is 12.1 Å². The Hall–Kier alpha value is -1.55. The van der Waals surface area contributed by atoms with Crippen LogP contribution in [0.1, 0.15) is 38.2 Å². The Morgan fingerprint density at radius 1 is 1.29 bits per heavy atom. The van der Waals surface area contributed by atoms with Crippen LogP contribution in [-0.4, -0.2) is 25.8 Å². The Bertz CT molecular complexity index is 425. The number of rotatable bonds is 6. The molecule has 1 fully saturated rings. The van der Waals surface area contributed by atoms with Crippen molar-refractivity contribution in [3.05, 3.63) is 29.8 Å². The molecule has 1 aliphatic rings. The molecule has 1 heterocycles. The highest BCUT2D eigenvalue weighted by Gasteiger charge is 2.13. The molecule has 116 valence electrons. The van der Waals surface area contributed by atoms with Gasteiger partial charge >= 0.3 is 6.09 Å². The van der Waals surface area contributed by atoms with Crippen LogP contribution in [0.25, 0.3) is 0 Å². The van der Waals surface area contributed by atoms with Crippen LogP contribution in [0.2, 0.25) is 0 Å². The summed E-state index contributed by atoms with van der Waals surface area (Å²) in [6.07, 6.45) is 5.20. The van der Waals surface area contributed by atoms with E-state index in [0.717, 1.165) is 44.0 Å². The minimum atomic E-state index is -0.366. The van der Waals surface area contributed by atoms with Crippen molar-refractivity contribution in [2.45, 2.75) is 39.0 Å². The van der Waals surface area contributed by atoms with E-state index in [9.17, 15) is 4.79 Å². The summed E-state index contributed by atoms with van der Waals surface area (Å²) in [6.45, 7) is 4.82. The summed E-state index contributed by atoms with van der Waals surface area (Å²) in [5.74, 6) is 0.782. The lowest BCUT2D eigenvalue weighted by Gasteiger charge is -2.22. The quantitative estimate of drug-likeness (QED) is 0.787. The molecule has 2 N–H and O–H groups in total. The molecule has 21 heavy (non-hydrogen) atoms. The lowest BCUT2D eigenvalue weighted by molar-refractivity contribution is 0.160. The van der Waals surface area contributed by atoms with Gasteiger partial charge in [0.15, 0.2) is 0 Å². The summed E-state index contributed by atoms with van der Waals surface area (Å²) in [4.78, 5) is 11.5. The first-order valence-corrected chi connectivity index (χ1v) is 8.01.